The third-order valence-corrected chi connectivity index (χ3v) is 3.94. The van der Waals surface area contributed by atoms with E-state index in [1.165, 1.54) is 0 Å². The van der Waals surface area contributed by atoms with Crippen LogP contribution in [0, 0.1) is 0 Å². The molecule has 4 nitrogen and oxygen atoms in total. The predicted molar refractivity (Wildman–Crippen MR) is 76.3 cm³/mol. The van der Waals surface area contributed by atoms with E-state index in [9.17, 15) is 4.79 Å². The number of fused-ring (bicyclic) bond motifs is 1. The maximum atomic E-state index is 12.2. The molecule has 5 heteroatoms. The van der Waals surface area contributed by atoms with Crippen LogP contribution < -0.4 is 5.32 Å². The highest BCUT2D eigenvalue weighted by Crippen LogP contribution is 2.17. The minimum atomic E-state index is -0.0780. The van der Waals surface area contributed by atoms with Gasteiger partial charge in [0.15, 0.2) is 0 Å². The Labute approximate surface area is 114 Å². The average molecular weight is 271 g/mol. The zero-order chi connectivity index (χ0) is 13.2. The Hall–Kier alpha value is -2.14. The van der Waals surface area contributed by atoms with E-state index >= 15 is 0 Å². The number of rotatable bonds is 3. The van der Waals surface area contributed by atoms with Gasteiger partial charge in [-0.2, -0.15) is 0 Å². The Morgan fingerprint density at radius 1 is 1.42 bits per heavy atom. The molecule has 0 saturated heterocycles. The Morgan fingerprint density at radius 3 is 3.11 bits per heavy atom. The molecule has 3 rings (SSSR count). The predicted octanol–water partition coefficient (Wildman–Crippen LogP) is 3.12. The number of benzene rings is 1. The van der Waals surface area contributed by atoms with Crippen molar-refractivity contribution in [2.24, 2.45) is 0 Å². The molecule has 1 unspecified atom stereocenters. The number of hydrogen-bond acceptors (Lipinski definition) is 3. The number of aromatic nitrogens is 2. The van der Waals surface area contributed by atoms with Gasteiger partial charge in [-0.1, -0.05) is 0 Å². The van der Waals surface area contributed by atoms with Gasteiger partial charge in [0.1, 0.15) is 5.01 Å². The van der Waals surface area contributed by atoms with Crippen LogP contribution in [-0.2, 0) is 0 Å². The summed E-state index contributed by atoms with van der Waals surface area (Å²) >= 11 is 1.54. The normalized spacial score (nSPS) is 12.5. The number of aromatic amines is 1. The summed E-state index contributed by atoms with van der Waals surface area (Å²) in [5.41, 5.74) is 1.69. The molecule has 0 aliphatic rings. The maximum Gasteiger partial charge on any atom is 0.251 e. The highest BCUT2D eigenvalue weighted by atomic mass is 32.1. The Kier molecular flexibility index (Phi) is 3.05. The fourth-order valence-electron chi connectivity index (χ4n) is 1.98. The van der Waals surface area contributed by atoms with Crippen molar-refractivity contribution in [3.63, 3.8) is 0 Å². The fraction of sp³-hybridized carbons (Fsp3) is 0.143. The van der Waals surface area contributed by atoms with Crippen molar-refractivity contribution in [3.8, 4) is 0 Å². The summed E-state index contributed by atoms with van der Waals surface area (Å²) in [6.07, 6.45) is 3.61. The van der Waals surface area contributed by atoms with Gasteiger partial charge in [0.05, 0.1) is 6.04 Å². The number of carbonyl (C=O) groups is 1. The van der Waals surface area contributed by atoms with Crippen molar-refractivity contribution in [3.05, 3.63) is 52.6 Å². The monoisotopic (exact) mass is 271 g/mol. The summed E-state index contributed by atoms with van der Waals surface area (Å²) in [6.45, 7) is 1.94. The van der Waals surface area contributed by atoms with Gasteiger partial charge in [0, 0.05) is 34.2 Å². The zero-order valence-electron chi connectivity index (χ0n) is 10.4. The van der Waals surface area contributed by atoms with E-state index in [0.717, 1.165) is 15.9 Å². The topological polar surface area (TPSA) is 57.8 Å². The summed E-state index contributed by atoms with van der Waals surface area (Å²) < 4.78 is 0. The molecule has 0 bridgehead atoms. The van der Waals surface area contributed by atoms with Crippen LogP contribution in [0.3, 0.4) is 0 Å². The Bertz CT molecular complexity index is 702. The van der Waals surface area contributed by atoms with Gasteiger partial charge in [-0.3, -0.25) is 4.79 Å². The summed E-state index contributed by atoms with van der Waals surface area (Å²) in [7, 11) is 0. The molecule has 0 radical (unpaired) electrons. The molecule has 2 heterocycles. The summed E-state index contributed by atoms with van der Waals surface area (Å²) in [4.78, 5) is 19.5. The molecule has 2 N–H and O–H groups in total. The molecule has 0 aliphatic heterocycles. The van der Waals surface area contributed by atoms with Crippen molar-refractivity contribution >= 4 is 28.1 Å². The first kappa shape index (κ1) is 11.9. The minimum Gasteiger partial charge on any atom is -0.361 e. The van der Waals surface area contributed by atoms with Crippen molar-refractivity contribution in [2.75, 3.05) is 0 Å². The van der Waals surface area contributed by atoms with Gasteiger partial charge in [0.25, 0.3) is 5.91 Å². The van der Waals surface area contributed by atoms with Crippen molar-refractivity contribution < 1.29 is 4.79 Å². The lowest BCUT2D eigenvalue weighted by atomic mass is 10.1. The number of amides is 1. The van der Waals surface area contributed by atoms with Crippen LogP contribution in [-0.4, -0.2) is 15.9 Å². The summed E-state index contributed by atoms with van der Waals surface area (Å²) in [5.74, 6) is -0.0780. The van der Waals surface area contributed by atoms with E-state index in [4.69, 9.17) is 0 Å². The van der Waals surface area contributed by atoms with Gasteiger partial charge >= 0.3 is 0 Å². The number of nitrogens with zero attached hydrogens (tertiary/aromatic N) is 1. The van der Waals surface area contributed by atoms with Gasteiger partial charge in [-0.15, -0.1) is 11.3 Å². The van der Waals surface area contributed by atoms with E-state index in [1.807, 2.05) is 42.8 Å². The van der Waals surface area contributed by atoms with Gasteiger partial charge in [0.2, 0.25) is 0 Å². The first-order chi connectivity index (χ1) is 9.24. The smallest absolute Gasteiger partial charge is 0.251 e. The first-order valence-electron chi connectivity index (χ1n) is 6.01. The van der Waals surface area contributed by atoms with Crippen LogP contribution >= 0.6 is 11.3 Å². The van der Waals surface area contributed by atoms with E-state index in [-0.39, 0.29) is 11.9 Å². The highest BCUT2D eigenvalue weighted by Gasteiger charge is 2.13. The van der Waals surface area contributed by atoms with E-state index in [0.29, 0.717) is 5.56 Å². The Balaban J connectivity index is 1.79. The van der Waals surface area contributed by atoms with Crippen LogP contribution in [0.2, 0.25) is 0 Å². The molecule has 2 aromatic heterocycles. The molecule has 1 atom stereocenters. The standard InChI is InChI=1S/C14H13N3OS/c1-9(14-16-6-7-19-14)17-13(18)11-2-3-12-10(8-11)4-5-15-12/h2-9,15H,1H3,(H,17,18). The van der Waals surface area contributed by atoms with E-state index in [1.54, 1.807) is 17.5 Å². The third kappa shape index (κ3) is 2.37. The lowest BCUT2D eigenvalue weighted by molar-refractivity contribution is 0.0940. The molecular weight excluding hydrogens is 258 g/mol. The van der Waals surface area contributed by atoms with E-state index in [2.05, 4.69) is 15.3 Å². The van der Waals surface area contributed by atoms with Crippen molar-refractivity contribution in [1.82, 2.24) is 15.3 Å². The second-order valence-corrected chi connectivity index (χ2v) is 5.27. The Morgan fingerprint density at radius 2 is 2.32 bits per heavy atom. The van der Waals surface area contributed by atoms with Gasteiger partial charge in [-0.25, -0.2) is 4.98 Å². The molecular formula is C14H13N3OS. The SMILES string of the molecule is CC(NC(=O)c1ccc2[nH]ccc2c1)c1nccs1. The second-order valence-electron chi connectivity index (χ2n) is 4.35. The van der Waals surface area contributed by atoms with Gasteiger partial charge in [-0.05, 0) is 31.2 Å². The molecule has 0 fully saturated rings. The number of H-pyrrole nitrogens is 1. The van der Waals surface area contributed by atoms with Crippen molar-refractivity contribution in [2.45, 2.75) is 13.0 Å². The molecule has 96 valence electrons. The van der Waals surface area contributed by atoms with Crippen molar-refractivity contribution in [1.29, 1.82) is 0 Å². The van der Waals surface area contributed by atoms with Gasteiger partial charge < -0.3 is 10.3 Å². The number of hydrogen-bond donors (Lipinski definition) is 2. The highest BCUT2D eigenvalue weighted by molar-refractivity contribution is 7.09. The largest absolute Gasteiger partial charge is 0.361 e. The molecule has 0 saturated carbocycles. The maximum absolute atomic E-state index is 12.2. The lowest BCUT2D eigenvalue weighted by Gasteiger charge is -2.11. The molecule has 1 aromatic carbocycles. The number of nitrogens with one attached hydrogen (secondary N) is 2. The molecule has 0 spiro atoms. The number of carbonyl (C=O) groups excluding carboxylic acids is 1. The fourth-order valence-corrected chi connectivity index (χ4v) is 2.63. The van der Waals surface area contributed by atoms with Crippen LogP contribution in [0.15, 0.2) is 42.0 Å². The minimum absolute atomic E-state index is 0.0746. The molecule has 0 aliphatic carbocycles. The van der Waals surface area contributed by atoms with Crippen LogP contribution in [0.4, 0.5) is 0 Å². The molecule has 3 aromatic rings. The second kappa shape index (κ2) is 4.85. The average Bonchev–Trinajstić information content (AvgIpc) is 3.09. The summed E-state index contributed by atoms with van der Waals surface area (Å²) in [6, 6.07) is 7.50. The van der Waals surface area contributed by atoms with Crippen LogP contribution in [0.5, 0.6) is 0 Å². The first-order valence-corrected chi connectivity index (χ1v) is 6.89. The van der Waals surface area contributed by atoms with Crippen LogP contribution in [0.1, 0.15) is 28.3 Å². The lowest BCUT2D eigenvalue weighted by Crippen LogP contribution is -2.26. The zero-order valence-corrected chi connectivity index (χ0v) is 11.2. The third-order valence-electron chi connectivity index (χ3n) is 2.98. The number of thiazole rings is 1. The molecule has 1 amide bonds. The molecule has 19 heavy (non-hydrogen) atoms. The van der Waals surface area contributed by atoms with E-state index < -0.39 is 0 Å². The quantitative estimate of drug-likeness (QED) is 0.769. The summed E-state index contributed by atoms with van der Waals surface area (Å²) in [5, 5.41) is 6.81. The van der Waals surface area contributed by atoms with Crippen LogP contribution in [0.25, 0.3) is 10.9 Å².